The smallest absolute Gasteiger partial charge is 0.341 e. The number of benzene rings is 1. The highest BCUT2D eigenvalue weighted by molar-refractivity contribution is 5.97. The number of hydrogen-bond donors (Lipinski definition) is 2. The lowest BCUT2D eigenvalue weighted by atomic mass is 9.86. The van der Waals surface area contributed by atoms with E-state index >= 15 is 0 Å². The zero-order valence-corrected chi connectivity index (χ0v) is 16.2. The van der Waals surface area contributed by atoms with Crippen LogP contribution in [0.4, 0.5) is 11.4 Å². The normalized spacial score (nSPS) is 18.9. The van der Waals surface area contributed by atoms with Gasteiger partial charge in [-0.05, 0) is 24.8 Å². The highest BCUT2D eigenvalue weighted by atomic mass is 16.6. The molecule has 2 atom stereocenters. The standard InChI is InChI=1S/C19H27N3O6/c1-13-5-3-4-6-16(13)21-18(23)12-28-19(24)15-11-14(22(25)26)7-8-17(15)20-9-10-27-2/h7-8,11,13,16,20H,3-6,9-10,12H2,1-2H3,(H,21,23)/t13-,16+/m1/s1. The molecule has 28 heavy (non-hydrogen) atoms. The number of amides is 1. The van der Waals surface area contributed by atoms with E-state index in [2.05, 4.69) is 17.6 Å². The first-order valence-corrected chi connectivity index (χ1v) is 9.40. The summed E-state index contributed by atoms with van der Waals surface area (Å²) in [5.41, 5.74) is 0.155. The summed E-state index contributed by atoms with van der Waals surface area (Å²) in [5.74, 6) is -0.774. The summed E-state index contributed by atoms with van der Waals surface area (Å²) in [6, 6.07) is 3.96. The average molecular weight is 393 g/mol. The summed E-state index contributed by atoms with van der Waals surface area (Å²) >= 11 is 0. The molecule has 2 N–H and O–H groups in total. The number of rotatable bonds is 9. The minimum Gasteiger partial charge on any atom is -0.452 e. The molecule has 0 aromatic heterocycles. The van der Waals surface area contributed by atoms with E-state index in [9.17, 15) is 19.7 Å². The zero-order chi connectivity index (χ0) is 20.5. The van der Waals surface area contributed by atoms with E-state index in [-0.39, 0.29) is 23.2 Å². The lowest BCUT2D eigenvalue weighted by molar-refractivity contribution is -0.384. The fourth-order valence-electron chi connectivity index (χ4n) is 3.24. The molecule has 0 bridgehead atoms. The van der Waals surface area contributed by atoms with Gasteiger partial charge < -0.3 is 20.1 Å². The van der Waals surface area contributed by atoms with Gasteiger partial charge in [0.25, 0.3) is 11.6 Å². The van der Waals surface area contributed by atoms with E-state index in [1.165, 1.54) is 12.1 Å². The molecule has 1 amide bonds. The van der Waals surface area contributed by atoms with Gasteiger partial charge in [0.05, 0.1) is 17.1 Å². The van der Waals surface area contributed by atoms with Crippen molar-refractivity contribution in [3.05, 3.63) is 33.9 Å². The molecule has 2 rings (SSSR count). The Labute approximate surface area is 163 Å². The number of anilines is 1. The summed E-state index contributed by atoms with van der Waals surface area (Å²) in [5, 5.41) is 16.9. The number of non-ortho nitro benzene ring substituents is 1. The number of esters is 1. The van der Waals surface area contributed by atoms with Crippen LogP contribution in [0, 0.1) is 16.0 Å². The van der Waals surface area contributed by atoms with Crippen LogP contribution in [-0.2, 0) is 14.3 Å². The van der Waals surface area contributed by atoms with Gasteiger partial charge >= 0.3 is 5.97 Å². The first kappa shape index (κ1) is 21.6. The predicted octanol–water partition coefficient (Wildman–Crippen LogP) is 2.50. The minimum absolute atomic E-state index is 0.00383. The van der Waals surface area contributed by atoms with Crippen molar-refractivity contribution in [2.45, 2.75) is 38.6 Å². The van der Waals surface area contributed by atoms with Gasteiger partial charge in [0.1, 0.15) is 0 Å². The Morgan fingerprint density at radius 2 is 2.04 bits per heavy atom. The number of carbonyl (C=O) groups is 2. The van der Waals surface area contributed by atoms with Gasteiger partial charge in [-0.3, -0.25) is 14.9 Å². The first-order chi connectivity index (χ1) is 13.4. The third kappa shape index (κ3) is 6.19. The molecule has 0 unspecified atom stereocenters. The monoisotopic (exact) mass is 393 g/mol. The van der Waals surface area contributed by atoms with Gasteiger partial charge in [-0.15, -0.1) is 0 Å². The van der Waals surface area contributed by atoms with Crippen molar-refractivity contribution >= 4 is 23.3 Å². The van der Waals surface area contributed by atoms with Crippen LogP contribution in [0.2, 0.25) is 0 Å². The second-order valence-corrected chi connectivity index (χ2v) is 6.92. The fraction of sp³-hybridized carbons (Fsp3) is 0.579. The molecule has 1 aliphatic carbocycles. The number of methoxy groups -OCH3 is 1. The average Bonchev–Trinajstić information content (AvgIpc) is 2.68. The number of nitro benzene ring substituents is 1. The highest BCUT2D eigenvalue weighted by Gasteiger charge is 2.24. The Hall–Kier alpha value is -2.68. The van der Waals surface area contributed by atoms with Crippen molar-refractivity contribution in [1.82, 2.24) is 5.32 Å². The molecule has 1 aromatic carbocycles. The third-order valence-corrected chi connectivity index (χ3v) is 4.85. The van der Waals surface area contributed by atoms with Crippen LogP contribution in [0.15, 0.2) is 18.2 Å². The molecule has 1 aliphatic rings. The molecule has 0 aliphatic heterocycles. The van der Waals surface area contributed by atoms with Crippen molar-refractivity contribution in [1.29, 1.82) is 0 Å². The fourth-order valence-corrected chi connectivity index (χ4v) is 3.24. The number of ether oxygens (including phenoxy) is 2. The summed E-state index contributed by atoms with van der Waals surface area (Å²) in [7, 11) is 1.54. The van der Waals surface area contributed by atoms with Crippen molar-refractivity contribution < 1.29 is 24.0 Å². The maximum absolute atomic E-state index is 12.4. The predicted molar refractivity (Wildman–Crippen MR) is 103 cm³/mol. The molecular formula is C19H27N3O6. The summed E-state index contributed by atoms with van der Waals surface area (Å²) < 4.78 is 10.0. The third-order valence-electron chi connectivity index (χ3n) is 4.85. The van der Waals surface area contributed by atoms with Gasteiger partial charge in [-0.2, -0.15) is 0 Å². The van der Waals surface area contributed by atoms with Crippen LogP contribution < -0.4 is 10.6 Å². The Morgan fingerprint density at radius 3 is 2.71 bits per heavy atom. The largest absolute Gasteiger partial charge is 0.452 e. The van der Waals surface area contributed by atoms with E-state index in [0.717, 1.165) is 31.7 Å². The summed E-state index contributed by atoms with van der Waals surface area (Å²) in [6.07, 6.45) is 4.21. The number of hydrogen-bond acceptors (Lipinski definition) is 7. The molecule has 1 aromatic rings. The van der Waals surface area contributed by atoms with Crippen molar-refractivity contribution in [3.63, 3.8) is 0 Å². The number of nitro groups is 1. The molecule has 154 valence electrons. The molecule has 0 saturated heterocycles. The van der Waals surface area contributed by atoms with Gasteiger partial charge in [0.15, 0.2) is 6.61 Å². The molecule has 1 fully saturated rings. The molecule has 0 spiro atoms. The van der Waals surface area contributed by atoms with Crippen LogP contribution in [0.3, 0.4) is 0 Å². The van der Waals surface area contributed by atoms with Gasteiger partial charge in [-0.25, -0.2) is 4.79 Å². The van der Waals surface area contributed by atoms with Crippen molar-refractivity contribution in [2.24, 2.45) is 5.92 Å². The number of nitrogens with zero attached hydrogens (tertiary/aromatic N) is 1. The van der Waals surface area contributed by atoms with Crippen LogP contribution in [0.1, 0.15) is 43.0 Å². The van der Waals surface area contributed by atoms with Gasteiger partial charge in [-0.1, -0.05) is 19.8 Å². The second-order valence-electron chi connectivity index (χ2n) is 6.92. The zero-order valence-electron chi connectivity index (χ0n) is 16.2. The second kappa shape index (κ2) is 10.6. The Balaban J connectivity index is 1.99. The minimum atomic E-state index is -0.796. The molecular weight excluding hydrogens is 366 g/mol. The van der Waals surface area contributed by atoms with E-state index in [0.29, 0.717) is 24.8 Å². The maximum Gasteiger partial charge on any atom is 0.341 e. The van der Waals surface area contributed by atoms with E-state index in [1.54, 1.807) is 7.11 Å². The Morgan fingerprint density at radius 1 is 1.29 bits per heavy atom. The van der Waals surface area contributed by atoms with E-state index in [4.69, 9.17) is 9.47 Å². The summed E-state index contributed by atoms with van der Waals surface area (Å²) in [6.45, 7) is 2.47. The van der Waals surface area contributed by atoms with Crippen molar-refractivity contribution in [2.75, 3.05) is 32.2 Å². The van der Waals surface area contributed by atoms with Crippen LogP contribution in [0.25, 0.3) is 0 Å². The van der Waals surface area contributed by atoms with E-state index < -0.39 is 17.5 Å². The van der Waals surface area contributed by atoms with E-state index in [1.807, 2.05) is 0 Å². The Kier molecular flexibility index (Phi) is 8.19. The molecule has 9 nitrogen and oxygen atoms in total. The van der Waals surface area contributed by atoms with Crippen LogP contribution in [-0.4, -0.2) is 49.7 Å². The highest BCUT2D eigenvalue weighted by Crippen LogP contribution is 2.24. The van der Waals surface area contributed by atoms with Crippen LogP contribution >= 0.6 is 0 Å². The summed E-state index contributed by atoms with van der Waals surface area (Å²) in [4.78, 5) is 35.0. The van der Waals surface area contributed by atoms with Gasteiger partial charge in [0, 0.05) is 37.5 Å². The molecule has 9 heteroatoms. The lowest BCUT2D eigenvalue weighted by Crippen LogP contribution is -2.42. The Bertz CT molecular complexity index is 709. The lowest BCUT2D eigenvalue weighted by Gasteiger charge is -2.29. The topological polar surface area (TPSA) is 120 Å². The quantitative estimate of drug-likeness (QED) is 0.286. The first-order valence-electron chi connectivity index (χ1n) is 9.40. The maximum atomic E-state index is 12.4. The molecule has 0 heterocycles. The van der Waals surface area contributed by atoms with Crippen molar-refractivity contribution in [3.8, 4) is 0 Å². The molecule has 0 radical (unpaired) electrons. The van der Waals surface area contributed by atoms with Gasteiger partial charge in [0.2, 0.25) is 0 Å². The SMILES string of the molecule is COCCNc1ccc([N+](=O)[O-])cc1C(=O)OCC(=O)N[C@H]1CCCC[C@H]1C. The van der Waals surface area contributed by atoms with Crippen LogP contribution in [0.5, 0.6) is 0 Å². The molecule has 1 saturated carbocycles. The number of carbonyl (C=O) groups excluding carboxylic acids is 2. The number of nitrogens with one attached hydrogen (secondary N) is 2.